The van der Waals surface area contributed by atoms with Gasteiger partial charge in [-0.2, -0.15) is 0 Å². The lowest BCUT2D eigenvalue weighted by Gasteiger charge is -1.96. The standard InChI is InChI=1S/C7H5F3.CH3N/c1-4-6(9)2-5(8)3-7(4)10;1-2/h2-3H,1H3;2H,1H2. The number of rotatable bonds is 0. The van der Waals surface area contributed by atoms with Crippen LogP contribution in [0.2, 0.25) is 0 Å². The highest BCUT2D eigenvalue weighted by Crippen LogP contribution is 2.12. The molecule has 0 fully saturated rings. The van der Waals surface area contributed by atoms with Crippen LogP contribution in [0.15, 0.2) is 12.1 Å². The van der Waals surface area contributed by atoms with E-state index < -0.39 is 17.5 Å². The maximum atomic E-state index is 12.4. The normalized spacial score (nSPS) is 8.67. The van der Waals surface area contributed by atoms with Crippen LogP contribution in [0.1, 0.15) is 5.56 Å². The molecule has 1 rings (SSSR count). The summed E-state index contributed by atoms with van der Waals surface area (Å²) in [5.41, 5.74) is -0.151. The third-order valence-corrected chi connectivity index (χ3v) is 1.25. The number of benzene rings is 1. The van der Waals surface area contributed by atoms with Gasteiger partial charge < -0.3 is 5.41 Å². The molecule has 0 aliphatic heterocycles. The Labute approximate surface area is 68.3 Å². The Bertz CT molecular complexity index is 250. The maximum Gasteiger partial charge on any atom is 0.131 e. The molecule has 12 heavy (non-hydrogen) atoms. The molecule has 1 aromatic carbocycles. The van der Waals surface area contributed by atoms with Crippen LogP contribution in [-0.2, 0) is 0 Å². The third kappa shape index (κ3) is 2.38. The summed E-state index contributed by atoms with van der Waals surface area (Å²) in [5, 5.41) is 5.50. The average Bonchev–Trinajstić information content (AvgIpc) is 2.04. The Morgan fingerprint density at radius 2 is 1.42 bits per heavy atom. The van der Waals surface area contributed by atoms with Crippen molar-refractivity contribution >= 4 is 6.72 Å². The van der Waals surface area contributed by atoms with E-state index in [1.54, 1.807) is 0 Å². The van der Waals surface area contributed by atoms with Gasteiger partial charge in [0.15, 0.2) is 0 Å². The van der Waals surface area contributed by atoms with Crippen molar-refractivity contribution in [2.75, 3.05) is 0 Å². The van der Waals surface area contributed by atoms with Gasteiger partial charge in [0.1, 0.15) is 17.5 Å². The Hall–Kier alpha value is -1.32. The van der Waals surface area contributed by atoms with E-state index in [2.05, 4.69) is 6.72 Å². The molecule has 0 saturated carbocycles. The topological polar surface area (TPSA) is 23.9 Å². The van der Waals surface area contributed by atoms with Gasteiger partial charge in [0.2, 0.25) is 0 Å². The van der Waals surface area contributed by atoms with E-state index in [0.717, 1.165) is 0 Å². The fourth-order valence-corrected chi connectivity index (χ4v) is 0.614. The van der Waals surface area contributed by atoms with E-state index in [4.69, 9.17) is 5.41 Å². The van der Waals surface area contributed by atoms with Crippen molar-refractivity contribution in [1.29, 1.82) is 5.41 Å². The van der Waals surface area contributed by atoms with E-state index >= 15 is 0 Å². The molecule has 0 atom stereocenters. The first kappa shape index (κ1) is 10.7. The smallest absolute Gasteiger partial charge is 0.131 e. The minimum Gasteiger partial charge on any atom is -0.317 e. The van der Waals surface area contributed by atoms with Crippen molar-refractivity contribution in [3.05, 3.63) is 35.1 Å². The molecule has 1 aromatic rings. The predicted molar refractivity (Wildman–Crippen MR) is 40.9 cm³/mol. The van der Waals surface area contributed by atoms with Crippen molar-refractivity contribution in [1.82, 2.24) is 0 Å². The van der Waals surface area contributed by atoms with Crippen LogP contribution < -0.4 is 0 Å². The second kappa shape index (κ2) is 4.54. The molecular formula is C8H8F3N. The lowest BCUT2D eigenvalue weighted by Crippen LogP contribution is -1.89. The minimum atomic E-state index is -0.888. The third-order valence-electron chi connectivity index (χ3n) is 1.25. The minimum absolute atomic E-state index is 0.151. The van der Waals surface area contributed by atoms with E-state index in [1.807, 2.05) is 0 Å². The summed E-state index contributed by atoms with van der Waals surface area (Å²) < 4.78 is 36.8. The molecule has 0 aliphatic rings. The fraction of sp³-hybridized carbons (Fsp3) is 0.125. The van der Waals surface area contributed by atoms with E-state index in [0.29, 0.717) is 12.1 Å². The van der Waals surface area contributed by atoms with Crippen molar-refractivity contribution in [2.24, 2.45) is 0 Å². The molecule has 0 aliphatic carbocycles. The summed E-state index contributed by atoms with van der Waals surface area (Å²) in [6.07, 6.45) is 0. The van der Waals surface area contributed by atoms with Crippen molar-refractivity contribution in [3.63, 3.8) is 0 Å². The Morgan fingerprint density at radius 1 is 1.08 bits per heavy atom. The highest BCUT2D eigenvalue weighted by molar-refractivity contribution is 5.18. The highest BCUT2D eigenvalue weighted by Gasteiger charge is 2.05. The average molecular weight is 175 g/mol. The number of hydrogen-bond acceptors (Lipinski definition) is 1. The summed E-state index contributed by atoms with van der Waals surface area (Å²) in [4.78, 5) is 0. The zero-order chi connectivity index (χ0) is 9.72. The molecule has 4 heteroatoms. The van der Waals surface area contributed by atoms with Crippen LogP contribution >= 0.6 is 0 Å². The molecule has 0 heterocycles. The molecule has 0 radical (unpaired) electrons. The van der Waals surface area contributed by atoms with Gasteiger partial charge in [-0.05, 0) is 13.6 Å². The quantitative estimate of drug-likeness (QED) is 0.586. The number of halogens is 3. The van der Waals surface area contributed by atoms with Gasteiger partial charge >= 0.3 is 0 Å². The maximum absolute atomic E-state index is 12.4. The first-order valence-electron chi connectivity index (χ1n) is 3.08. The zero-order valence-electron chi connectivity index (χ0n) is 6.50. The molecule has 0 amide bonds. The lowest BCUT2D eigenvalue weighted by atomic mass is 10.2. The van der Waals surface area contributed by atoms with Gasteiger partial charge in [-0.25, -0.2) is 13.2 Å². The first-order chi connectivity index (χ1) is 5.61. The van der Waals surface area contributed by atoms with Crippen LogP contribution in [0, 0.1) is 29.8 Å². The molecule has 0 unspecified atom stereocenters. The van der Waals surface area contributed by atoms with Crippen LogP contribution in [0.4, 0.5) is 13.2 Å². The first-order valence-corrected chi connectivity index (χ1v) is 3.08. The molecular weight excluding hydrogens is 167 g/mol. The summed E-state index contributed by atoms with van der Waals surface area (Å²) in [5.74, 6) is -2.59. The van der Waals surface area contributed by atoms with Crippen LogP contribution in [0.25, 0.3) is 0 Å². The zero-order valence-corrected chi connectivity index (χ0v) is 6.50. The summed E-state index contributed by atoms with van der Waals surface area (Å²) in [6, 6.07) is 1.30. The Kier molecular flexibility index (Phi) is 4.04. The van der Waals surface area contributed by atoms with E-state index in [1.165, 1.54) is 6.92 Å². The van der Waals surface area contributed by atoms with Crippen molar-refractivity contribution in [2.45, 2.75) is 6.92 Å². The molecule has 0 bridgehead atoms. The van der Waals surface area contributed by atoms with E-state index in [-0.39, 0.29) is 5.56 Å². The molecule has 0 aromatic heterocycles. The summed E-state index contributed by atoms with van der Waals surface area (Å²) in [7, 11) is 0. The van der Waals surface area contributed by atoms with Crippen LogP contribution in [0.5, 0.6) is 0 Å². The summed E-state index contributed by atoms with van der Waals surface area (Å²) >= 11 is 0. The molecule has 66 valence electrons. The Morgan fingerprint density at radius 3 is 1.75 bits per heavy atom. The fourth-order valence-electron chi connectivity index (χ4n) is 0.614. The van der Waals surface area contributed by atoms with E-state index in [9.17, 15) is 13.2 Å². The van der Waals surface area contributed by atoms with Crippen LogP contribution in [0.3, 0.4) is 0 Å². The monoisotopic (exact) mass is 175 g/mol. The molecule has 1 nitrogen and oxygen atoms in total. The van der Waals surface area contributed by atoms with Gasteiger partial charge in [-0.1, -0.05) is 0 Å². The highest BCUT2D eigenvalue weighted by atomic mass is 19.1. The second-order valence-electron chi connectivity index (χ2n) is 1.99. The number of nitrogens with one attached hydrogen (secondary N) is 1. The predicted octanol–water partition coefficient (Wildman–Crippen LogP) is 2.68. The largest absolute Gasteiger partial charge is 0.317 e. The van der Waals surface area contributed by atoms with Gasteiger partial charge in [0.25, 0.3) is 0 Å². The van der Waals surface area contributed by atoms with Gasteiger partial charge in [0.05, 0.1) is 0 Å². The second-order valence-corrected chi connectivity index (χ2v) is 1.99. The SMILES string of the molecule is C=N.Cc1c(F)cc(F)cc1F. The molecule has 0 spiro atoms. The Balaban J connectivity index is 0.000000561. The molecule has 1 N–H and O–H groups in total. The summed E-state index contributed by atoms with van der Waals surface area (Å²) in [6.45, 7) is 3.75. The number of hydrogen-bond donors (Lipinski definition) is 1. The van der Waals surface area contributed by atoms with Gasteiger partial charge in [-0.3, -0.25) is 0 Å². The molecule has 0 saturated heterocycles. The van der Waals surface area contributed by atoms with Gasteiger partial charge in [0, 0.05) is 17.7 Å². The van der Waals surface area contributed by atoms with Crippen molar-refractivity contribution in [3.8, 4) is 0 Å². The van der Waals surface area contributed by atoms with Gasteiger partial charge in [-0.15, -0.1) is 0 Å². The lowest BCUT2D eigenvalue weighted by molar-refractivity contribution is 0.532. The van der Waals surface area contributed by atoms with Crippen LogP contribution in [-0.4, -0.2) is 6.72 Å². The van der Waals surface area contributed by atoms with Crippen molar-refractivity contribution < 1.29 is 13.2 Å².